The van der Waals surface area contributed by atoms with Crippen molar-refractivity contribution in [3.63, 3.8) is 0 Å². The van der Waals surface area contributed by atoms with E-state index in [9.17, 15) is 13.2 Å². The molecule has 1 unspecified atom stereocenters. The highest BCUT2D eigenvalue weighted by molar-refractivity contribution is 7.91. The van der Waals surface area contributed by atoms with Crippen molar-refractivity contribution >= 4 is 15.8 Å². The zero-order valence-corrected chi connectivity index (χ0v) is 12.1. The molecule has 0 saturated carbocycles. The highest BCUT2D eigenvalue weighted by Gasteiger charge is 2.29. The van der Waals surface area contributed by atoms with E-state index in [2.05, 4.69) is 4.98 Å². The van der Waals surface area contributed by atoms with Crippen LogP contribution in [0.4, 0.5) is 0 Å². The van der Waals surface area contributed by atoms with Crippen molar-refractivity contribution in [1.82, 2.24) is 4.98 Å². The number of aromatic nitrogens is 1. The lowest BCUT2D eigenvalue weighted by molar-refractivity contribution is -0.136. The van der Waals surface area contributed by atoms with Crippen LogP contribution in [0.5, 0.6) is 5.75 Å². The Balaban J connectivity index is 3.18. The summed E-state index contributed by atoms with van der Waals surface area (Å²) in [6.45, 7) is 4.66. The van der Waals surface area contributed by atoms with Crippen molar-refractivity contribution in [2.75, 3.05) is 7.11 Å². The van der Waals surface area contributed by atoms with Gasteiger partial charge in [0.2, 0.25) is 0 Å². The van der Waals surface area contributed by atoms with E-state index in [1.54, 1.807) is 13.8 Å². The van der Waals surface area contributed by atoms with Gasteiger partial charge in [0.05, 0.1) is 18.6 Å². The number of nitrogens with zero attached hydrogens (tertiary/aromatic N) is 1. The van der Waals surface area contributed by atoms with Gasteiger partial charge < -0.3 is 9.84 Å². The lowest BCUT2D eigenvalue weighted by Crippen LogP contribution is -2.28. The molecule has 0 saturated heterocycles. The van der Waals surface area contributed by atoms with E-state index in [1.165, 1.54) is 13.3 Å². The topological polar surface area (TPSA) is 93.6 Å². The van der Waals surface area contributed by atoms with Crippen LogP contribution >= 0.6 is 0 Å². The number of hydrogen-bond acceptors (Lipinski definition) is 5. The summed E-state index contributed by atoms with van der Waals surface area (Å²) in [5.74, 6) is -1.21. The molecule has 0 aliphatic heterocycles. The summed E-state index contributed by atoms with van der Waals surface area (Å²) in [6.07, 6.45) is 1.52. The molecule has 0 aliphatic carbocycles. The first kappa shape index (κ1) is 15.4. The Labute approximate surface area is 112 Å². The van der Waals surface area contributed by atoms with Crippen molar-refractivity contribution in [2.45, 2.75) is 31.8 Å². The Bertz CT molecular complexity index is 594. The number of carbonyl (C=O) groups is 1. The number of carboxylic acids is 1. The summed E-state index contributed by atoms with van der Waals surface area (Å²) in [5, 5.41) is 7.33. The van der Waals surface area contributed by atoms with E-state index in [1.807, 2.05) is 0 Å². The van der Waals surface area contributed by atoms with Crippen molar-refractivity contribution in [2.24, 2.45) is 0 Å². The van der Waals surface area contributed by atoms with Crippen LogP contribution in [0.15, 0.2) is 6.20 Å². The molecule has 0 fully saturated rings. The summed E-state index contributed by atoms with van der Waals surface area (Å²) in [5.41, 5.74) is 1.73. The van der Waals surface area contributed by atoms with E-state index in [4.69, 9.17) is 9.84 Å². The Kier molecular flexibility index (Phi) is 4.52. The maximum atomic E-state index is 11.9. The monoisotopic (exact) mass is 287 g/mol. The van der Waals surface area contributed by atoms with Gasteiger partial charge in [0, 0.05) is 17.3 Å². The van der Waals surface area contributed by atoms with Gasteiger partial charge in [0.25, 0.3) is 0 Å². The Hall–Kier alpha value is -1.63. The number of hydrogen-bond donors (Lipinski definition) is 1. The summed E-state index contributed by atoms with van der Waals surface area (Å²) in [7, 11) is -2.30. The molecule has 7 heteroatoms. The number of ether oxygens (including phenoxy) is 1. The minimum absolute atomic E-state index is 0.315. The molecule has 0 amide bonds. The molecule has 1 heterocycles. The van der Waals surface area contributed by atoms with Gasteiger partial charge in [-0.2, -0.15) is 0 Å². The molecule has 0 spiro atoms. The smallest absolute Gasteiger partial charge is 0.321 e. The second-order valence-electron chi connectivity index (χ2n) is 4.33. The molecule has 0 aliphatic rings. The van der Waals surface area contributed by atoms with Gasteiger partial charge in [-0.3, -0.25) is 9.78 Å². The molecular formula is C12H17NO5S. The van der Waals surface area contributed by atoms with E-state index < -0.39 is 26.8 Å². The maximum Gasteiger partial charge on any atom is 0.321 e. The lowest BCUT2D eigenvalue weighted by atomic mass is 10.1. The van der Waals surface area contributed by atoms with Gasteiger partial charge in [0.15, 0.2) is 15.1 Å². The second-order valence-corrected chi connectivity index (χ2v) is 6.66. The molecular weight excluding hydrogens is 270 g/mol. The van der Waals surface area contributed by atoms with Gasteiger partial charge >= 0.3 is 5.97 Å². The highest BCUT2D eigenvalue weighted by atomic mass is 32.2. The van der Waals surface area contributed by atoms with Crippen LogP contribution in [0.1, 0.15) is 23.7 Å². The van der Waals surface area contributed by atoms with Crippen molar-refractivity contribution in [3.8, 4) is 5.75 Å². The van der Waals surface area contributed by atoms with Crippen LogP contribution in [0.25, 0.3) is 0 Å². The highest BCUT2D eigenvalue weighted by Crippen LogP contribution is 2.25. The number of methoxy groups -OCH3 is 1. The van der Waals surface area contributed by atoms with Gasteiger partial charge in [-0.25, -0.2) is 8.42 Å². The minimum Gasteiger partial charge on any atom is -0.496 e. The number of carboxylic acid groups (broad SMARTS) is 1. The quantitative estimate of drug-likeness (QED) is 0.871. The van der Waals surface area contributed by atoms with Crippen LogP contribution in [-0.4, -0.2) is 36.8 Å². The molecule has 0 aromatic carbocycles. The van der Waals surface area contributed by atoms with Crippen LogP contribution in [0.3, 0.4) is 0 Å². The second kappa shape index (κ2) is 5.56. The summed E-state index contributed by atoms with van der Waals surface area (Å²) in [6, 6.07) is 0. The molecule has 1 aromatic heterocycles. The zero-order valence-electron chi connectivity index (χ0n) is 11.3. The third-order valence-corrected chi connectivity index (χ3v) is 4.93. The van der Waals surface area contributed by atoms with Crippen molar-refractivity contribution < 1.29 is 23.1 Å². The summed E-state index contributed by atoms with van der Waals surface area (Å²) >= 11 is 0. The Morgan fingerprint density at radius 3 is 2.53 bits per heavy atom. The maximum absolute atomic E-state index is 11.9. The molecule has 1 rings (SSSR count). The van der Waals surface area contributed by atoms with Gasteiger partial charge in [-0.15, -0.1) is 0 Å². The summed E-state index contributed by atoms with van der Waals surface area (Å²) < 4.78 is 29.0. The lowest BCUT2D eigenvalue weighted by Gasteiger charge is -2.13. The van der Waals surface area contributed by atoms with Gasteiger partial charge in [0.1, 0.15) is 5.75 Å². The van der Waals surface area contributed by atoms with Gasteiger partial charge in [-0.1, -0.05) is 0 Å². The zero-order chi connectivity index (χ0) is 14.8. The van der Waals surface area contributed by atoms with Crippen molar-refractivity contribution in [3.05, 3.63) is 23.0 Å². The fourth-order valence-electron chi connectivity index (χ4n) is 1.69. The fraction of sp³-hybridized carbons (Fsp3) is 0.500. The third kappa shape index (κ3) is 3.23. The molecule has 19 heavy (non-hydrogen) atoms. The number of pyridine rings is 1. The first-order valence-electron chi connectivity index (χ1n) is 5.64. The average Bonchev–Trinajstić information content (AvgIpc) is 2.32. The molecule has 0 bridgehead atoms. The Morgan fingerprint density at radius 2 is 2.05 bits per heavy atom. The predicted molar refractivity (Wildman–Crippen MR) is 70.0 cm³/mol. The predicted octanol–water partition coefficient (Wildman–Crippen LogP) is 1.09. The largest absolute Gasteiger partial charge is 0.496 e. The number of aliphatic carboxylic acids is 1. The number of sulfone groups is 1. The fourth-order valence-corrected chi connectivity index (χ4v) is 2.92. The van der Waals surface area contributed by atoms with E-state index in [0.29, 0.717) is 17.0 Å². The van der Waals surface area contributed by atoms with Crippen LogP contribution in [0.2, 0.25) is 0 Å². The van der Waals surface area contributed by atoms with Crippen LogP contribution < -0.4 is 4.74 Å². The average molecular weight is 287 g/mol. The summed E-state index contributed by atoms with van der Waals surface area (Å²) in [4.78, 5) is 14.8. The van der Waals surface area contributed by atoms with E-state index in [-0.39, 0.29) is 0 Å². The molecule has 1 aromatic rings. The number of aryl methyl sites for hydroxylation is 1. The van der Waals surface area contributed by atoms with Crippen molar-refractivity contribution in [1.29, 1.82) is 0 Å². The third-order valence-electron chi connectivity index (χ3n) is 2.97. The first-order valence-corrected chi connectivity index (χ1v) is 7.35. The minimum atomic E-state index is -3.79. The van der Waals surface area contributed by atoms with Gasteiger partial charge in [-0.05, 0) is 20.8 Å². The molecule has 1 atom stereocenters. The number of rotatable bonds is 5. The van der Waals surface area contributed by atoms with E-state index >= 15 is 0 Å². The Morgan fingerprint density at radius 1 is 1.47 bits per heavy atom. The van der Waals surface area contributed by atoms with Crippen LogP contribution in [0, 0.1) is 13.8 Å². The molecule has 1 N–H and O–H groups in total. The molecule has 106 valence electrons. The first-order chi connectivity index (χ1) is 8.70. The SMILES string of the molecule is COc1c(C)cnc(CS(=O)(=O)C(C)C(=O)O)c1C. The molecule has 0 radical (unpaired) electrons. The molecule has 6 nitrogen and oxygen atoms in total. The standard InChI is InChI=1S/C12H17NO5S/c1-7-5-13-10(8(2)11(7)18-4)6-19(16,17)9(3)12(14)15/h5,9H,6H2,1-4H3,(H,14,15). The van der Waals surface area contributed by atoms with Crippen LogP contribution in [-0.2, 0) is 20.4 Å². The normalized spacial score (nSPS) is 13.1. The van der Waals surface area contributed by atoms with E-state index in [0.717, 1.165) is 12.5 Å².